The highest BCUT2D eigenvalue weighted by Crippen LogP contribution is 2.23. The zero-order valence-electron chi connectivity index (χ0n) is 9.24. The third-order valence-electron chi connectivity index (χ3n) is 2.59. The van der Waals surface area contributed by atoms with Gasteiger partial charge in [0.05, 0.1) is 0 Å². The van der Waals surface area contributed by atoms with E-state index in [2.05, 4.69) is 17.2 Å². The standard InChI is InChI=1S/C13H12N2O2/c1-2-5-11(6-3-1)9-12-13(17-10-16-12)15-8-4-7-14-15/h1-8H,9-10H2. The predicted molar refractivity (Wildman–Crippen MR) is 62.6 cm³/mol. The molecule has 2 heterocycles. The fourth-order valence-corrected chi connectivity index (χ4v) is 1.79. The third kappa shape index (κ3) is 2.01. The Morgan fingerprint density at radius 1 is 1.12 bits per heavy atom. The highest BCUT2D eigenvalue weighted by Gasteiger charge is 2.19. The maximum atomic E-state index is 5.49. The van der Waals surface area contributed by atoms with Crippen molar-refractivity contribution in [3.05, 3.63) is 60.1 Å². The summed E-state index contributed by atoms with van der Waals surface area (Å²) in [5, 5.41) is 4.14. The highest BCUT2D eigenvalue weighted by atomic mass is 16.7. The van der Waals surface area contributed by atoms with Gasteiger partial charge in [0, 0.05) is 18.8 Å². The fourth-order valence-electron chi connectivity index (χ4n) is 1.79. The summed E-state index contributed by atoms with van der Waals surface area (Å²) in [6.07, 6.45) is 4.28. The van der Waals surface area contributed by atoms with E-state index in [1.54, 1.807) is 10.9 Å². The summed E-state index contributed by atoms with van der Waals surface area (Å²) < 4.78 is 12.6. The van der Waals surface area contributed by atoms with Crippen LogP contribution in [0.1, 0.15) is 5.56 Å². The van der Waals surface area contributed by atoms with Gasteiger partial charge in [0.15, 0.2) is 5.76 Å². The van der Waals surface area contributed by atoms with Crippen molar-refractivity contribution in [2.75, 3.05) is 6.79 Å². The quantitative estimate of drug-likeness (QED) is 0.808. The molecule has 0 unspecified atom stereocenters. The molecule has 1 aromatic carbocycles. The number of aromatic nitrogens is 2. The van der Waals surface area contributed by atoms with Crippen LogP contribution < -0.4 is 0 Å². The molecule has 4 heteroatoms. The van der Waals surface area contributed by atoms with E-state index in [1.165, 1.54) is 5.56 Å². The number of hydrogen-bond donors (Lipinski definition) is 0. The molecule has 0 fully saturated rings. The zero-order valence-corrected chi connectivity index (χ0v) is 9.24. The minimum absolute atomic E-state index is 0.261. The van der Waals surface area contributed by atoms with Crippen LogP contribution in [0.5, 0.6) is 0 Å². The van der Waals surface area contributed by atoms with Crippen LogP contribution in [-0.2, 0) is 15.9 Å². The maximum Gasteiger partial charge on any atom is 0.257 e. The molecule has 0 aliphatic carbocycles. The van der Waals surface area contributed by atoms with Crippen LogP contribution in [0.2, 0.25) is 0 Å². The van der Waals surface area contributed by atoms with Crippen molar-refractivity contribution in [1.29, 1.82) is 0 Å². The lowest BCUT2D eigenvalue weighted by atomic mass is 10.1. The Kier molecular flexibility index (Phi) is 2.54. The van der Waals surface area contributed by atoms with Gasteiger partial charge < -0.3 is 9.47 Å². The lowest BCUT2D eigenvalue weighted by Gasteiger charge is -2.03. The number of rotatable bonds is 3. The lowest BCUT2D eigenvalue weighted by Crippen LogP contribution is -2.00. The second-order valence-electron chi connectivity index (χ2n) is 3.75. The SMILES string of the molecule is c1ccc(CC2=C(n3cccn3)OCO2)cc1. The number of allylic oxidation sites excluding steroid dienone is 1. The molecule has 0 saturated heterocycles. The molecule has 0 spiro atoms. The normalized spacial score (nSPS) is 14.6. The van der Waals surface area contributed by atoms with Crippen LogP contribution in [0.4, 0.5) is 0 Å². The topological polar surface area (TPSA) is 36.3 Å². The summed E-state index contributed by atoms with van der Waals surface area (Å²) in [5.41, 5.74) is 1.19. The average Bonchev–Trinajstić information content (AvgIpc) is 3.00. The first-order chi connectivity index (χ1) is 8.43. The minimum atomic E-state index is 0.261. The Morgan fingerprint density at radius 3 is 2.76 bits per heavy atom. The van der Waals surface area contributed by atoms with Crippen LogP contribution in [0.3, 0.4) is 0 Å². The average molecular weight is 228 g/mol. The zero-order chi connectivity index (χ0) is 11.5. The molecule has 3 rings (SSSR count). The van der Waals surface area contributed by atoms with Crippen molar-refractivity contribution in [2.24, 2.45) is 0 Å². The fraction of sp³-hybridized carbons (Fsp3) is 0.154. The van der Waals surface area contributed by atoms with E-state index >= 15 is 0 Å². The van der Waals surface area contributed by atoms with Crippen molar-refractivity contribution < 1.29 is 9.47 Å². The minimum Gasteiger partial charge on any atom is -0.456 e. The highest BCUT2D eigenvalue weighted by molar-refractivity contribution is 5.42. The first-order valence-corrected chi connectivity index (χ1v) is 5.46. The molecule has 1 aliphatic heterocycles. The number of nitrogens with zero attached hydrogens (tertiary/aromatic N) is 2. The Balaban J connectivity index is 1.89. The van der Waals surface area contributed by atoms with Gasteiger partial charge in [0.25, 0.3) is 5.88 Å². The van der Waals surface area contributed by atoms with E-state index < -0.39 is 0 Å². The second kappa shape index (κ2) is 4.33. The van der Waals surface area contributed by atoms with Gasteiger partial charge in [-0.05, 0) is 11.6 Å². The van der Waals surface area contributed by atoms with Crippen molar-refractivity contribution in [3.8, 4) is 0 Å². The Labute approximate surface area is 99.1 Å². The molecule has 2 aromatic rings. The van der Waals surface area contributed by atoms with Crippen LogP contribution in [0, 0.1) is 0 Å². The van der Waals surface area contributed by atoms with E-state index in [4.69, 9.17) is 9.47 Å². The van der Waals surface area contributed by atoms with E-state index in [0.717, 1.165) is 12.2 Å². The largest absolute Gasteiger partial charge is 0.456 e. The van der Waals surface area contributed by atoms with Gasteiger partial charge in [0.2, 0.25) is 6.79 Å². The first-order valence-electron chi connectivity index (χ1n) is 5.46. The summed E-state index contributed by atoms with van der Waals surface area (Å²) in [4.78, 5) is 0. The van der Waals surface area contributed by atoms with Gasteiger partial charge in [-0.25, -0.2) is 4.68 Å². The van der Waals surface area contributed by atoms with Crippen LogP contribution in [0.15, 0.2) is 54.6 Å². The van der Waals surface area contributed by atoms with Gasteiger partial charge in [0.1, 0.15) is 0 Å². The van der Waals surface area contributed by atoms with Crippen LogP contribution in [0.25, 0.3) is 5.88 Å². The Bertz CT molecular complexity index is 518. The second-order valence-corrected chi connectivity index (χ2v) is 3.75. The van der Waals surface area contributed by atoms with Crippen molar-refractivity contribution >= 4 is 5.88 Å². The summed E-state index contributed by atoms with van der Waals surface area (Å²) >= 11 is 0. The van der Waals surface area contributed by atoms with Crippen molar-refractivity contribution in [1.82, 2.24) is 9.78 Å². The number of hydrogen-bond acceptors (Lipinski definition) is 3. The maximum absolute atomic E-state index is 5.49. The number of ether oxygens (including phenoxy) is 2. The van der Waals surface area contributed by atoms with Crippen molar-refractivity contribution in [3.63, 3.8) is 0 Å². The van der Waals surface area contributed by atoms with Crippen LogP contribution in [-0.4, -0.2) is 16.6 Å². The molecular formula is C13H12N2O2. The molecule has 4 nitrogen and oxygen atoms in total. The molecule has 0 radical (unpaired) electrons. The molecule has 0 amide bonds. The predicted octanol–water partition coefficient (Wildman–Crippen LogP) is 2.26. The molecular weight excluding hydrogens is 216 g/mol. The molecule has 17 heavy (non-hydrogen) atoms. The summed E-state index contributed by atoms with van der Waals surface area (Å²) in [6.45, 7) is 0.261. The van der Waals surface area contributed by atoms with E-state index in [1.807, 2.05) is 30.5 Å². The molecule has 0 bridgehead atoms. The van der Waals surface area contributed by atoms with Gasteiger partial charge in [-0.1, -0.05) is 30.3 Å². The lowest BCUT2D eigenvalue weighted by molar-refractivity contribution is 0.0816. The molecule has 0 saturated carbocycles. The first kappa shape index (κ1) is 9.96. The van der Waals surface area contributed by atoms with Gasteiger partial charge in [-0.2, -0.15) is 5.10 Å². The summed E-state index contributed by atoms with van der Waals surface area (Å²) in [7, 11) is 0. The van der Waals surface area contributed by atoms with E-state index in [-0.39, 0.29) is 6.79 Å². The Morgan fingerprint density at radius 2 is 2.00 bits per heavy atom. The summed E-state index contributed by atoms with van der Waals surface area (Å²) in [6, 6.07) is 12.0. The van der Waals surface area contributed by atoms with Crippen molar-refractivity contribution in [2.45, 2.75) is 6.42 Å². The number of benzene rings is 1. The third-order valence-corrected chi connectivity index (χ3v) is 2.59. The van der Waals surface area contributed by atoms with E-state index in [9.17, 15) is 0 Å². The molecule has 0 atom stereocenters. The van der Waals surface area contributed by atoms with Gasteiger partial charge in [-0.3, -0.25) is 0 Å². The van der Waals surface area contributed by atoms with E-state index in [0.29, 0.717) is 5.88 Å². The van der Waals surface area contributed by atoms with Gasteiger partial charge >= 0.3 is 0 Å². The molecule has 86 valence electrons. The molecule has 1 aliphatic rings. The molecule has 0 N–H and O–H groups in total. The van der Waals surface area contributed by atoms with Crippen LogP contribution >= 0.6 is 0 Å². The molecule has 1 aromatic heterocycles. The monoisotopic (exact) mass is 228 g/mol. The smallest absolute Gasteiger partial charge is 0.257 e. The Hall–Kier alpha value is -2.23. The summed E-state index contributed by atoms with van der Waals surface area (Å²) in [5.74, 6) is 1.50. The van der Waals surface area contributed by atoms with Gasteiger partial charge in [-0.15, -0.1) is 0 Å².